The summed E-state index contributed by atoms with van der Waals surface area (Å²) in [5, 5.41) is 0. The van der Waals surface area contributed by atoms with E-state index in [-0.39, 0.29) is 5.75 Å². The lowest BCUT2D eigenvalue weighted by Crippen LogP contribution is -2.24. The molecule has 1 aromatic carbocycles. The van der Waals surface area contributed by atoms with E-state index in [4.69, 9.17) is 4.74 Å². The Morgan fingerprint density at radius 2 is 2.00 bits per heavy atom. The minimum absolute atomic E-state index is 0.181. The number of hydrazine groups is 1. The van der Waals surface area contributed by atoms with Crippen LogP contribution >= 0.6 is 0 Å². The highest BCUT2D eigenvalue weighted by Gasteiger charge is 2.31. The van der Waals surface area contributed by atoms with Crippen molar-refractivity contribution in [3.63, 3.8) is 0 Å². The van der Waals surface area contributed by atoms with Gasteiger partial charge in [0.05, 0.1) is 18.4 Å². The van der Waals surface area contributed by atoms with Gasteiger partial charge < -0.3 is 10.2 Å². The van der Waals surface area contributed by atoms with Crippen molar-refractivity contribution in [2.45, 2.75) is 19.0 Å². The molecule has 2 rings (SSSR count). The molecule has 0 radical (unpaired) electrons. The normalized spacial score (nSPS) is 15.6. The first kappa shape index (κ1) is 13.0. The maximum absolute atomic E-state index is 12.6. The summed E-state index contributed by atoms with van der Waals surface area (Å²) >= 11 is 0. The molecule has 0 heterocycles. The van der Waals surface area contributed by atoms with E-state index in [0.29, 0.717) is 11.6 Å². The Kier molecular flexibility index (Phi) is 3.65. The average Bonchev–Trinajstić information content (AvgIpc) is 3.11. The fourth-order valence-electron chi connectivity index (χ4n) is 1.57. The summed E-state index contributed by atoms with van der Waals surface area (Å²) in [5.74, 6) is 0.825. The molecule has 0 spiro atoms. The van der Waals surface area contributed by atoms with E-state index in [1.807, 2.05) is 0 Å². The number of nitrogens with one attached hydrogen (secondary N) is 2. The molecule has 3 nitrogen and oxygen atoms in total. The van der Waals surface area contributed by atoms with E-state index < -0.39 is 11.7 Å². The molecule has 1 aromatic rings. The predicted molar refractivity (Wildman–Crippen MR) is 62.3 cm³/mol. The Labute approximate surface area is 103 Å². The van der Waals surface area contributed by atoms with Crippen molar-refractivity contribution in [2.24, 2.45) is 5.92 Å². The molecule has 1 aliphatic carbocycles. The number of alkyl halides is 3. The first-order chi connectivity index (χ1) is 8.49. The number of halogens is 3. The van der Waals surface area contributed by atoms with E-state index in [9.17, 15) is 13.2 Å². The second-order valence-electron chi connectivity index (χ2n) is 4.40. The Morgan fingerprint density at radius 1 is 1.28 bits per heavy atom. The molecule has 1 saturated carbocycles. The standard InChI is InChI=1S/C12H15F3N2O/c1-18-11-5-9(12(13,14)15)4-10(6-11)17-16-7-8-2-3-8/h4-6,8,16-17H,2-3,7H2,1H3. The van der Waals surface area contributed by atoms with Crippen LogP contribution in [0.15, 0.2) is 18.2 Å². The molecular formula is C12H15F3N2O. The second-order valence-corrected chi connectivity index (χ2v) is 4.40. The quantitative estimate of drug-likeness (QED) is 0.798. The van der Waals surface area contributed by atoms with E-state index >= 15 is 0 Å². The van der Waals surface area contributed by atoms with Gasteiger partial charge in [0.1, 0.15) is 5.75 Å². The van der Waals surface area contributed by atoms with Crippen LogP contribution in [0.4, 0.5) is 18.9 Å². The molecule has 18 heavy (non-hydrogen) atoms. The van der Waals surface area contributed by atoms with Gasteiger partial charge in [-0.05, 0) is 30.9 Å². The Hall–Kier alpha value is -1.43. The molecule has 1 aliphatic rings. The Balaban J connectivity index is 2.07. The summed E-state index contributed by atoms with van der Waals surface area (Å²) in [5.41, 5.74) is 5.32. The van der Waals surface area contributed by atoms with Crippen molar-refractivity contribution in [1.29, 1.82) is 0 Å². The zero-order valence-corrected chi connectivity index (χ0v) is 9.97. The molecule has 0 bridgehead atoms. The zero-order valence-electron chi connectivity index (χ0n) is 9.97. The highest BCUT2D eigenvalue weighted by molar-refractivity contribution is 5.51. The summed E-state index contributed by atoms with van der Waals surface area (Å²) in [6.45, 7) is 0.762. The van der Waals surface area contributed by atoms with Crippen LogP contribution in [-0.2, 0) is 6.18 Å². The van der Waals surface area contributed by atoms with Gasteiger partial charge in [-0.2, -0.15) is 13.2 Å². The van der Waals surface area contributed by atoms with Gasteiger partial charge in [-0.1, -0.05) is 0 Å². The Morgan fingerprint density at radius 3 is 2.56 bits per heavy atom. The maximum atomic E-state index is 12.6. The molecule has 1 fully saturated rings. The highest BCUT2D eigenvalue weighted by Crippen LogP contribution is 2.34. The third-order valence-corrected chi connectivity index (χ3v) is 2.79. The molecule has 0 saturated heterocycles. The highest BCUT2D eigenvalue weighted by atomic mass is 19.4. The average molecular weight is 260 g/mol. The molecule has 6 heteroatoms. The zero-order chi connectivity index (χ0) is 13.2. The van der Waals surface area contributed by atoms with E-state index in [1.165, 1.54) is 26.0 Å². The fourth-order valence-corrected chi connectivity index (χ4v) is 1.57. The van der Waals surface area contributed by atoms with Crippen molar-refractivity contribution >= 4 is 5.69 Å². The molecule has 100 valence electrons. The number of hydrogen-bond acceptors (Lipinski definition) is 3. The lowest BCUT2D eigenvalue weighted by atomic mass is 10.2. The van der Waals surface area contributed by atoms with Crippen molar-refractivity contribution in [2.75, 3.05) is 19.1 Å². The lowest BCUT2D eigenvalue weighted by Gasteiger charge is -2.13. The van der Waals surface area contributed by atoms with Gasteiger partial charge in [0, 0.05) is 12.6 Å². The largest absolute Gasteiger partial charge is 0.497 e. The minimum Gasteiger partial charge on any atom is -0.497 e. The van der Waals surface area contributed by atoms with Crippen LogP contribution in [0.3, 0.4) is 0 Å². The van der Waals surface area contributed by atoms with Crippen LogP contribution in [0.5, 0.6) is 5.75 Å². The van der Waals surface area contributed by atoms with E-state index in [2.05, 4.69) is 10.9 Å². The number of anilines is 1. The van der Waals surface area contributed by atoms with Gasteiger partial charge in [0.15, 0.2) is 0 Å². The number of hydrogen-bond donors (Lipinski definition) is 2. The van der Waals surface area contributed by atoms with Gasteiger partial charge in [-0.15, -0.1) is 0 Å². The molecular weight excluding hydrogens is 245 g/mol. The summed E-state index contributed by atoms with van der Waals surface area (Å²) < 4.78 is 42.8. The van der Waals surface area contributed by atoms with Gasteiger partial charge in [-0.25, -0.2) is 5.43 Å². The Bertz CT molecular complexity index is 416. The van der Waals surface area contributed by atoms with Crippen LogP contribution < -0.4 is 15.6 Å². The summed E-state index contributed by atoms with van der Waals surface area (Å²) in [4.78, 5) is 0. The van der Waals surface area contributed by atoms with Gasteiger partial charge in [-0.3, -0.25) is 0 Å². The summed E-state index contributed by atoms with van der Waals surface area (Å²) in [7, 11) is 1.34. The number of rotatable bonds is 5. The third-order valence-electron chi connectivity index (χ3n) is 2.79. The van der Waals surface area contributed by atoms with Gasteiger partial charge in [0.2, 0.25) is 0 Å². The van der Waals surface area contributed by atoms with Crippen LogP contribution in [-0.4, -0.2) is 13.7 Å². The number of methoxy groups -OCH3 is 1. The van der Waals surface area contributed by atoms with Gasteiger partial charge in [0.25, 0.3) is 0 Å². The van der Waals surface area contributed by atoms with Crippen LogP contribution in [0.25, 0.3) is 0 Å². The van der Waals surface area contributed by atoms with E-state index in [0.717, 1.165) is 18.7 Å². The molecule has 0 amide bonds. The molecule has 0 atom stereocenters. The smallest absolute Gasteiger partial charge is 0.416 e. The molecule has 0 unspecified atom stereocenters. The maximum Gasteiger partial charge on any atom is 0.416 e. The predicted octanol–water partition coefficient (Wildman–Crippen LogP) is 3.04. The van der Waals surface area contributed by atoms with Crippen molar-refractivity contribution < 1.29 is 17.9 Å². The van der Waals surface area contributed by atoms with Crippen molar-refractivity contribution in [1.82, 2.24) is 5.43 Å². The van der Waals surface area contributed by atoms with Crippen molar-refractivity contribution in [3.05, 3.63) is 23.8 Å². The lowest BCUT2D eigenvalue weighted by molar-refractivity contribution is -0.137. The van der Waals surface area contributed by atoms with Crippen molar-refractivity contribution in [3.8, 4) is 5.75 Å². The van der Waals surface area contributed by atoms with Crippen LogP contribution in [0.2, 0.25) is 0 Å². The van der Waals surface area contributed by atoms with Crippen LogP contribution in [0, 0.1) is 5.92 Å². The number of benzene rings is 1. The fraction of sp³-hybridized carbons (Fsp3) is 0.500. The number of ether oxygens (including phenoxy) is 1. The first-order valence-electron chi connectivity index (χ1n) is 5.74. The minimum atomic E-state index is -4.37. The monoisotopic (exact) mass is 260 g/mol. The first-order valence-corrected chi connectivity index (χ1v) is 5.74. The summed E-state index contributed by atoms with van der Waals surface area (Å²) in [6, 6.07) is 3.56. The third kappa shape index (κ3) is 3.53. The second kappa shape index (κ2) is 5.06. The van der Waals surface area contributed by atoms with E-state index in [1.54, 1.807) is 0 Å². The molecule has 2 N–H and O–H groups in total. The van der Waals surface area contributed by atoms with Crippen LogP contribution in [0.1, 0.15) is 18.4 Å². The van der Waals surface area contributed by atoms with Gasteiger partial charge >= 0.3 is 6.18 Å². The SMILES string of the molecule is COc1cc(NNCC2CC2)cc(C(F)(F)F)c1. The summed E-state index contributed by atoms with van der Waals surface area (Å²) in [6.07, 6.45) is -2.01. The molecule has 0 aliphatic heterocycles. The molecule has 0 aromatic heterocycles. The topological polar surface area (TPSA) is 33.3 Å².